The Labute approximate surface area is 172 Å². The van der Waals surface area contributed by atoms with E-state index in [1.165, 1.54) is 0 Å². The maximum atomic E-state index is 13.1. The van der Waals surface area contributed by atoms with Crippen LogP contribution in [0.3, 0.4) is 0 Å². The van der Waals surface area contributed by atoms with Gasteiger partial charge >= 0.3 is 0 Å². The Bertz CT molecular complexity index is 1070. The molecule has 2 N–H and O–H groups in total. The maximum Gasteiger partial charge on any atom is 0.247 e. The van der Waals surface area contributed by atoms with Crippen LogP contribution in [0.5, 0.6) is 11.5 Å². The summed E-state index contributed by atoms with van der Waals surface area (Å²) in [7, 11) is 1.64. The fraction of sp³-hybridized carbons (Fsp3) is 0.227. The van der Waals surface area contributed by atoms with Gasteiger partial charge in [-0.2, -0.15) is 0 Å². The quantitative estimate of drug-likeness (QED) is 0.663. The molecule has 4 rings (SSSR count). The van der Waals surface area contributed by atoms with Crippen molar-refractivity contribution in [2.45, 2.75) is 19.5 Å². The predicted molar refractivity (Wildman–Crippen MR) is 114 cm³/mol. The Morgan fingerprint density at radius 1 is 1.25 bits per heavy atom. The fourth-order valence-electron chi connectivity index (χ4n) is 3.62. The van der Waals surface area contributed by atoms with E-state index in [9.17, 15) is 4.79 Å². The number of nitrogens with zero attached hydrogens (tertiary/aromatic N) is 1. The molecule has 0 aromatic heterocycles. The van der Waals surface area contributed by atoms with E-state index >= 15 is 0 Å². The molecule has 1 atom stereocenters. The Balaban J connectivity index is 1.88. The van der Waals surface area contributed by atoms with Gasteiger partial charge in [-0.15, -0.1) is 0 Å². The number of amides is 1. The Morgan fingerprint density at radius 3 is 2.86 bits per heavy atom. The van der Waals surface area contributed by atoms with Gasteiger partial charge in [0.2, 0.25) is 5.91 Å². The smallest absolute Gasteiger partial charge is 0.247 e. The third-order valence-electron chi connectivity index (χ3n) is 5.06. The first-order valence-electron chi connectivity index (χ1n) is 9.04. The number of rotatable bonds is 3. The van der Waals surface area contributed by atoms with Gasteiger partial charge in [-0.3, -0.25) is 4.79 Å². The van der Waals surface area contributed by atoms with Crippen LogP contribution in [0.2, 0.25) is 0 Å². The van der Waals surface area contributed by atoms with E-state index in [1.54, 1.807) is 12.0 Å². The lowest BCUT2D eigenvalue weighted by Gasteiger charge is -2.25. The number of para-hydroxylation sites is 1. The lowest BCUT2D eigenvalue weighted by molar-refractivity contribution is -0.120. The molecule has 0 unspecified atom stereocenters. The van der Waals surface area contributed by atoms with Crippen molar-refractivity contribution in [3.63, 3.8) is 0 Å². The van der Waals surface area contributed by atoms with Gasteiger partial charge in [0, 0.05) is 10.0 Å². The number of hydrogen-bond donors (Lipinski definition) is 1. The normalized spacial score (nSPS) is 16.5. The van der Waals surface area contributed by atoms with Gasteiger partial charge in [-0.1, -0.05) is 40.2 Å². The van der Waals surface area contributed by atoms with Crippen molar-refractivity contribution in [3.05, 3.63) is 64.1 Å². The number of benzene rings is 3. The van der Waals surface area contributed by atoms with Crippen LogP contribution in [-0.4, -0.2) is 25.7 Å². The van der Waals surface area contributed by atoms with Crippen LogP contribution in [-0.2, 0) is 11.3 Å². The van der Waals surface area contributed by atoms with Gasteiger partial charge in [0.15, 0.2) is 0 Å². The molecule has 144 valence electrons. The summed E-state index contributed by atoms with van der Waals surface area (Å²) in [6, 6.07) is 15.1. The second kappa shape index (κ2) is 7.45. The lowest BCUT2D eigenvalue weighted by atomic mass is 10.0. The second-order valence-electron chi connectivity index (χ2n) is 6.88. The van der Waals surface area contributed by atoms with Crippen LogP contribution >= 0.6 is 15.9 Å². The molecule has 28 heavy (non-hydrogen) atoms. The molecule has 1 amide bonds. The number of anilines is 1. The van der Waals surface area contributed by atoms with Gasteiger partial charge < -0.3 is 20.1 Å². The molecule has 1 aliphatic rings. The molecule has 0 bridgehead atoms. The van der Waals surface area contributed by atoms with E-state index in [4.69, 9.17) is 15.2 Å². The molecule has 6 heteroatoms. The van der Waals surface area contributed by atoms with Crippen molar-refractivity contribution in [2.24, 2.45) is 5.73 Å². The molecule has 0 spiro atoms. The molecular weight excluding hydrogens is 420 g/mol. The van der Waals surface area contributed by atoms with E-state index in [-0.39, 0.29) is 12.5 Å². The number of hydrogen-bond acceptors (Lipinski definition) is 4. The lowest BCUT2D eigenvalue weighted by Crippen LogP contribution is -2.45. The number of halogens is 1. The van der Waals surface area contributed by atoms with Crippen molar-refractivity contribution in [3.8, 4) is 11.5 Å². The minimum atomic E-state index is -0.720. The van der Waals surface area contributed by atoms with Crippen molar-refractivity contribution in [2.75, 3.05) is 18.6 Å². The standard InChI is InChI=1S/C22H21BrN2O3/c1-13-4-3-5-19-21(13)28-12-18(24)22(26)25(19)11-17-16-8-7-15(23)10-14(16)6-9-20(17)27-2/h3-10,18H,11-12,24H2,1-2H3/t18-/m0/s1. The van der Waals surface area contributed by atoms with Crippen molar-refractivity contribution in [1.82, 2.24) is 0 Å². The highest BCUT2D eigenvalue weighted by Gasteiger charge is 2.31. The van der Waals surface area contributed by atoms with Crippen molar-refractivity contribution >= 4 is 38.3 Å². The Morgan fingerprint density at radius 2 is 2.07 bits per heavy atom. The highest BCUT2D eigenvalue weighted by Crippen LogP contribution is 2.38. The van der Waals surface area contributed by atoms with Crippen LogP contribution in [0.25, 0.3) is 10.8 Å². The van der Waals surface area contributed by atoms with Crippen molar-refractivity contribution in [1.29, 1.82) is 0 Å². The van der Waals surface area contributed by atoms with Crippen LogP contribution in [0.15, 0.2) is 53.0 Å². The molecular formula is C22H21BrN2O3. The average molecular weight is 441 g/mol. The first-order chi connectivity index (χ1) is 13.5. The number of methoxy groups -OCH3 is 1. The summed E-state index contributed by atoms with van der Waals surface area (Å²) in [4.78, 5) is 14.8. The first kappa shape index (κ1) is 18.8. The van der Waals surface area contributed by atoms with Crippen LogP contribution in [0.4, 0.5) is 5.69 Å². The first-order valence-corrected chi connectivity index (χ1v) is 9.83. The largest absolute Gasteiger partial charge is 0.496 e. The third kappa shape index (κ3) is 3.23. The molecule has 3 aromatic rings. The number of carbonyl (C=O) groups excluding carboxylic acids is 1. The van der Waals surface area contributed by atoms with E-state index in [0.29, 0.717) is 12.3 Å². The zero-order chi connectivity index (χ0) is 19.8. The van der Waals surface area contributed by atoms with E-state index in [0.717, 1.165) is 37.8 Å². The van der Waals surface area contributed by atoms with Crippen LogP contribution < -0.4 is 20.1 Å². The summed E-state index contributed by atoms with van der Waals surface area (Å²) >= 11 is 3.52. The fourth-order valence-corrected chi connectivity index (χ4v) is 4.00. The van der Waals surface area contributed by atoms with Crippen LogP contribution in [0.1, 0.15) is 11.1 Å². The van der Waals surface area contributed by atoms with Gasteiger partial charge in [-0.05, 0) is 47.5 Å². The molecule has 0 saturated heterocycles. The third-order valence-corrected chi connectivity index (χ3v) is 5.55. The molecule has 1 heterocycles. The highest BCUT2D eigenvalue weighted by molar-refractivity contribution is 9.10. The molecule has 0 fully saturated rings. The van der Waals surface area contributed by atoms with Crippen LogP contribution in [0, 0.1) is 6.92 Å². The van der Waals surface area contributed by atoms with E-state index in [1.807, 2.05) is 49.4 Å². The number of nitrogens with two attached hydrogens (primary N) is 1. The average Bonchev–Trinajstić information content (AvgIpc) is 2.80. The minimum absolute atomic E-state index is 0.160. The number of aryl methyl sites for hydroxylation is 1. The predicted octanol–water partition coefficient (Wildman–Crippen LogP) is 4.17. The summed E-state index contributed by atoms with van der Waals surface area (Å²) in [5.74, 6) is 1.27. The molecule has 0 radical (unpaired) electrons. The molecule has 1 aliphatic heterocycles. The number of fused-ring (bicyclic) bond motifs is 2. The summed E-state index contributed by atoms with van der Waals surface area (Å²) in [6.45, 7) is 2.47. The number of carbonyl (C=O) groups is 1. The van der Waals surface area contributed by atoms with E-state index < -0.39 is 6.04 Å². The summed E-state index contributed by atoms with van der Waals surface area (Å²) in [5.41, 5.74) is 8.74. The van der Waals surface area contributed by atoms with Gasteiger partial charge in [0.1, 0.15) is 24.1 Å². The van der Waals surface area contributed by atoms with Gasteiger partial charge in [0.05, 0.1) is 19.3 Å². The molecule has 0 aliphatic carbocycles. The van der Waals surface area contributed by atoms with Gasteiger partial charge in [-0.25, -0.2) is 0 Å². The Kier molecular flexibility index (Phi) is 5.00. The monoisotopic (exact) mass is 440 g/mol. The summed E-state index contributed by atoms with van der Waals surface area (Å²) in [5, 5.41) is 2.10. The number of ether oxygens (including phenoxy) is 2. The Hall–Kier alpha value is -2.57. The zero-order valence-corrected chi connectivity index (χ0v) is 17.3. The zero-order valence-electron chi connectivity index (χ0n) is 15.7. The second-order valence-corrected chi connectivity index (χ2v) is 7.79. The molecule has 3 aromatic carbocycles. The molecule has 5 nitrogen and oxygen atoms in total. The summed E-state index contributed by atoms with van der Waals surface area (Å²) in [6.07, 6.45) is 0. The molecule has 0 saturated carbocycles. The van der Waals surface area contributed by atoms with Gasteiger partial charge in [0.25, 0.3) is 0 Å². The summed E-state index contributed by atoms with van der Waals surface area (Å²) < 4.78 is 12.5. The van der Waals surface area contributed by atoms with E-state index in [2.05, 4.69) is 22.0 Å². The highest BCUT2D eigenvalue weighted by atomic mass is 79.9. The topological polar surface area (TPSA) is 64.8 Å². The SMILES string of the molecule is COc1ccc2cc(Br)ccc2c1CN1C(=O)[C@@H](N)COc2c(C)cccc21. The minimum Gasteiger partial charge on any atom is -0.496 e. The maximum absolute atomic E-state index is 13.1. The van der Waals surface area contributed by atoms with Crippen molar-refractivity contribution < 1.29 is 14.3 Å².